The first-order chi connectivity index (χ1) is 12.3. The van der Waals surface area contributed by atoms with Crippen molar-refractivity contribution in [3.8, 4) is 0 Å². The Labute approximate surface area is 154 Å². The number of nitrogens with one attached hydrogen (secondary N) is 1. The highest BCUT2D eigenvalue weighted by atomic mass is 32.2. The minimum atomic E-state index is -0.256. The number of hydrogen-bond acceptors (Lipinski definition) is 6. The molecule has 0 aliphatic carbocycles. The molecule has 1 amide bonds. The van der Waals surface area contributed by atoms with Gasteiger partial charge in [-0.1, -0.05) is 49.8 Å². The highest BCUT2D eigenvalue weighted by Crippen LogP contribution is 2.24. The zero-order valence-electron chi connectivity index (χ0n) is 15.1. The van der Waals surface area contributed by atoms with E-state index < -0.39 is 0 Å². The second kappa shape index (κ2) is 6.95. The van der Waals surface area contributed by atoms with Crippen LogP contribution < -0.4 is 10.9 Å². The Bertz CT molecular complexity index is 1020. The van der Waals surface area contributed by atoms with E-state index in [1.165, 1.54) is 16.3 Å². The van der Waals surface area contributed by atoms with Gasteiger partial charge in [0.2, 0.25) is 11.8 Å². The third-order valence-electron chi connectivity index (χ3n) is 3.82. The van der Waals surface area contributed by atoms with Crippen molar-refractivity contribution >= 4 is 34.5 Å². The van der Waals surface area contributed by atoms with Gasteiger partial charge in [-0.3, -0.25) is 19.5 Å². The molecule has 8 heteroatoms. The zero-order chi connectivity index (χ0) is 18.9. The summed E-state index contributed by atoms with van der Waals surface area (Å²) in [6.07, 6.45) is 0. The molecule has 0 unspecified atom stereocenters. The number of nitrogens with zero attached hydrogens (tertiary/aromatic N) is 3. The van der Waals surface area contributed by atoms with E-state index in [-0.39, 0.29) is 22.6 Å². The first-order valence-electron chi connectivity index (χ1n) is 8.11. The summed E-state index contributed by atoms with van der Waals surface area (Å²) in [5.74, 6) is 0.152. The molecule has 0 saturated carbocycles. The molecule has 3 rings (SSSR count). The molecule has 2 aromatic heterocycles. The molecular weight excluding hydrogens is 352 g/mol. The number of amides is 1. The Morgan fingerprint density at radius 2 is 2.04 bits per heavy atom. The molecule has 0 aliphatic heterocycles. The Morgan fingerprint density at radius 3 is 2.73 bits per heavy atom. The normalized spacial score (nSPS) is 11.7. The van der Waals surface area contributed by atoms with Crippen molar-refractivity contribution in [2.75, 3.05) is 11.1 Å². The number of aromatic nitrogens is 3. The molecule has 1 aromatic carbocycles. The van der Waals surface area contributed by atoms with Gasteiger partial charge in [0.15, 0.2) is 5.16 Å². The van der Waals surface area contributed by atoms with Gasteiger partial charge in [-0.25, -0.2) is 4.98 Å². The quantitative estimate of drug-likeness (QED) is 0.559. The van der Waals surface area contributed by atoms with Crippen molar-refractivity contribution in [3.63, 3.8) is 0 Å². The van der Waals surface area contributed by atoms with Crippen LogP contribution in [0.25, 0.3) is 10.9 Å². The number of thioether (sulfide) groups is 1. The third-order valence-corrected chi connectivity index (χ3v) is 4.85. The van der Waals surface area contributed by atoms with Crippen LogP contribution in [0.1, 0.15) is 26.5 Å². The topological polar surface area (TPSA) is 90.0 Å². The molecule has 1 N–H and O–H groups in total. The zero-order valence-corrected chi connectivity index (χ0v) is 15.9. The highest BCUT2D eigenvalue weighted by Gasteiger charge is 2.20. The summed E-state index contributed by atoms with van der Waals surface area (Å²) in [6, 6.07) is 8.86. The molecule has 0 atom stereocenters. The highest BCUT2D eigenvalue weighted by molar-refractivity contribution is 7.99. The molecular formula is C18H20N4O3S. The van der Waals surface area contributed by atoms with Crippen molar-refractivity contribution < 1.29 is 9.32 Å². The number of benzene rings is 1. The van der Waals surface area contributed by atoms with Crippen LogP contribution in [0.5, 0.6) is 0 Å². The lowest BCUT2D eigenvalue weighted by Crippen LogP contribution is -2.21. The minimum Gasteiger partial charge on any atom is -0.338 e. The largest absolute Gasteiger partial charge is 0.338 e. The lowest BCUT2D eigenvalue weighted by Gasteiger charge is -2.12. The molecule has 0 spiro atoms. The van der Waals surface area contributed by atoms with Gasteiger partial charge in [0, 0.05) is 18.5 Å². The molecule has 3 aromatic rings. The maximum atomic E-state index is 12.4. The molecule has 0 radical (unpaired) electrons. The predicted octanol–water partition coefficient (Wildman–Crippen LogP) is 2.95. The number of carbonyl (C=O) groups is 1. The van der Waals surface area contributed by atoms with Gasteiger partial charge in [-0.2, -0.15) is 0 Å². The average Bonchev–Trinajstić information content (AvgIpc) is 3.05. The van der Waals surface area contributed by atoms with Crippen LogP contribution in [0.2, 0.25) is 0 Å². The van der Waals surface area contributed by atoms with E-state index in [1.54, 1.807) is 31.3 Å². The Hall–Kier alpha value is -2.61. The summed E-state index contributed by atoms with van der Waals surface area (Å²) in [5.41, 5.74) is 1.08. The average molecular weight is 372 g/mol. The molecule has 7 nitrogen and oxygen atoms in total. The van der Waals surface area contributed by atoms with Crippen LogP contribution in [-0.4, -0.2) is 26.4 Å². The maximum absolute atomic E-state index is 12.4. The van der Waals surface area contributed by atoms with Crippen molar-refractivity contribution in [1.82, 2.24) is 14.7 Å². The Morgan fingerprint density at radius 1 is 1.31 bits per heavy atom. The summed E-state index contributed by atoms with van der Waals surface area (Å²) in [6.45, 7) is 6.04. The second-order valence-corrected chi connectivity index (χ2v) is 7.88. The van der Waals surface area contributed by atoms with Gasteiger partial charge < -0.3 is 4.52 Å². The first-order valence-corrected chi connectivity index (χ1v) is 9.10. The van der Waals surface area contributed by atoms with Crippen molar-refractivity contribution in [2.45, 2.75) is 31.3 Å². The summed E-state index contributed by atoms with van der Waals surface area (Å²) in [4.78, 5) is 29.0. The van der Waals surface area contributed by atoms with Gasteiger partial charge in [0.1, 0.15) is 0 Å². The van der Waals surface area contributed by atoms with Gasteiger partial charge >= 0.3 is 0 Å². The first kappa shape index (κ1) is 18.2. The molecule has 0 aliphatic rings. The number of rotatable bonds is 4. The number of para-hydroxylation sites is 1. The molecule has 0 saturated heterocycles. The van der Waals surface area contributed by atoms with Crippen LogP contribution in [0.15, 0.2) is 44.8 Å². The van der Waals surface area contributed by atoms with E-state index in [0.717, 1.165) is 5.69 Å². The summed E-state index contributed by atoms with van der Waals surface area (Å²) in [7, 11) is 1.65. The van der Waals surface area contributed by atoms with E-state index in [0.29, 0.717) is 21.9 Å². The number of fused-ring (bicyclic) bond motifs is 1. The molecule has 26 heavy (non-hydrogen) atoms. The van der Waals surface area contributed by atoms with E-state index in [9.17, 15) is 9.59 Å². The van der Waals surface area contributed by atoms with Crippen LogP contribution in [0.3, 0.4) is 0 Å². The van der Waals surface area contributed by atoms with Crippen molar-refractivity contribution in [2.24, 2.45) is 7.05 Å². The SMILES string of the molecule is Cn1c(SCC(=O)Nc2cc(C(C)(C)C)no2)nc2ccccc2c1=O. The lowest BCUT2D eigenvalue weighted by molar-refractivity contribution is -0.113. The van der Waals surface area contributed by atoms with Crippen LogP contribution >= 0.6 is 11.8 Å². The Kier molecular flexibility index (Phi) is 4.86. The predicted molar refractivity (Wildman–Crippen MR) is 102 cm³/mol. The second-order valence-electron chi connectivity index (χ2n) is 6.94. The molecule has 0 bridgehead atoms. The summed E-state index contributed by atoms with van der Waals surface area (Å²) < 4.78 is 6.60. The van der Waals surface area contributed by atoms with Crippen molar-refractivity contribution in [3.05, 3.63) is 46.4 Å². The Balaban J connectivity index is 1.70. The van der Waals surface area contributed by atoms with Crippen LogP contribution in [-0.2, 0) is 17.3 Å². The number of hydrogen-bond donors (Lipinski definition) is 1. The van der Waals surface area contributed by atoms with Gasteiger partial charge in [0.25, 0.3) is 5.56 Å². The fourth-order valence-corrected chi connectivity index (χ4v) is 3.09. The monoisotopic (exact) mass is 372 g/mol. The maximum Gasteiger partial charge on any atom is 0.261 e. The van der Waals surface area contributed by atoms with Gasteiger partial charge in [-0.15, -0.1) is 0 Å². The molecule has 0 fully saturated rings. The van der Waals surface area contributed by atoms with E-state index in [2.05, 4.69) is 15.5 Å². The van der Waals surface area contributed by atoms with Gasteiger partial charge in [-0.05, 0) is 12.1 Å². The third kappa shape index (κ3) is 3.80. The minimum absolute atomic E-state index is 0.101. The van der Waals surface area contributed by atoms with Crippen LogP contribution in [0.4, 0.5) is 5.88 Å². The summed E-state index contributed by atoms with van der Waals surface area (Å²) >= 11 is 1.19. The van der Waals surface area contributed by atoms with Gasteiger partial charge in [0.05, 0.1) is 22.3 Å². The van der Waals surface area contributed by atoms with Crippen molar-refractivity contribution in [1.29, 1.82) is 0 Å². The summed E-state index contributed by atoms with van der Waals surface area (Å²) in [5, 5.41) is 7.68. The van der Waals surface area contributed by atoms with E-state index >= 15 is 0 Å². The van der Waals surface area contributed by atoms with E-state index in [1.807, 2.05) is 26.8 Å². The fraction of sp³-hybridized carbons (Fsp3) is 0.333. The molecule has 2 heterocycles. The number of carbonyl (C=O) groups excluding carboxylic acids is 1. The standard InChI is InChI=1S/C18H20N4O3S/c1-18(2,3)13-9-15(25-21-13)20-14(23)10-26-17-19-12-8-6-5-7-11(12)16(24)22(17)4/h5-9H,10H2,1-4H3,(H,20,23). The number of anilines is 1. The van der Waals surface area contributed by atoms with E-state index in [4.69, 9.17) is 4.52 Å². The van der Waals surface area contributed by atoms with Crippen LogP contribution in [0, 0.1) is 0 Å². The smallest absolute Gasteiger partial charge is 0.261 e. The lowest BCUT2D eigenvalue weighted by atomic mass is 9.92. The molecule has 136 valence electrons. The fourth-order valence-electron chi connectivity index (χ4n) is 2.32.